The number of aromatic nitrogens is 2. The SMILES string of the molecule is CC1(C)C2C(=O)N(Cc3cc4nccc(-c5cc(Cl)cc6ccn(CC7(F)CCNCC7)c56)c4s3)C(=O)C21. The first-order valence-electron chi connectivity index (χ1n) is 13.1. The predicted octanol–water partition coefficient (Wildman–Crippen LogP) is 5.80. The normalized spacial score (nSPS) is 23.9. The molecule has 1 aromatic carbocycles. The number of hydrogen-bond donors (Lipinski definition) is 1. The van der Waals surface area contributed by atoms with Gasteiger partial charge in [0.15, 0.2) is 0 Å². The Balaban J connectivity index is 1.28. The van der Waals surface area contributed by atoms with E-state index in [0.717, 1.165) is 37.1 Å². The minimum Gasteiger partial charge on any atom is -0.344 e. The number of alkyl halides is 1. The monoisotopic (exact) mass is 550 g/mol. The second-order valence-corrected chi connectivity index (χ2v) is 13.1. The van der Waals surface area contributed by atoms with Crippen molar-refractivity contribution in [3.05, 3.63) is 52.6 Å². The standard InChI is InChI=1S/C29H28ClFN4O2S/c1-28(2)22-23(28)27(37)35(26(22)36)14-18-13-21-25(38-18)19(3-7-33-21)20-12-17(30)11-16-4-10-34(24(16)20)15-29(31)5-8-32-9-6-29/h3-4,7,10-13,22-23,32H,5-6,8-9,14-15H2,1-2H3. The van der Waals surface area contributed by atoms with Crippen molar-refractivity contribution in [1.29, 1.82) is 0 Å². The molecule has 7 rings (SSSR count). The van der Waals surface area contributed by atoms with E-state index in [0.29, 0.717) is 31.0 Å². The van der Waals surface area contributed by atoms with E-state index in [-0.39, 0.29) is 42.2 Å². The molecule has 1 saturated carbocycles. The third kappa shape index (κ3) is 3.64. The summed E-state index contributed by atoms with van der Waals surface area (Å²) in [5, 5.41) is 4.82. The summed E-state index contributed by atoms with van der Waals surface area (Å²) in [5.41, 5.74) is 2.14. The van der Waals surface area contributed by atoms with E-state index in [4.69, 9.17) is 11.6 Å². The van der Waals surface area contributed by atoms with Crippen LogP contribution in [0.4, 0.5) is 4.39 Å². The average Bonchev–Trinajstić information content (AvgIpc) is 3.22. The molecule has 2 unspecified atom stereocenters. The van der Waals surface area contributed by atoms with Gasteiger partial charge in [-0.15, -0.1) is 11.3 Å². The largest absolute Gasteiger partial charge is 0.344 e. The summed E-state index contributed by atoms with van der Waals surface area (Å²) < 4.78 is 18.7. The number of fused-ring (bicyclic) bond motifs is 3. The number of rotatable bonds is 5. The van der Waals surface area contributed by atoms with Crippen molar-refractivity contribution in [3.8, 4) is 11.1 Å². The number of nitrogens with one attached hydrogen (secondary N) is 1. The van der Waals surface area contributed by atoms with Gasteiger partial charge in [0.05, 0.1) is 40.7 Å². The Kier molecular flexibility index (Phi) is 5.32. The fraction of sp³-hybridized carbons (Fsp3) is 0.414. The van der Waals surface area contributed by atoms with Crippen molar-refractivity contribution in [2.24, 2.45) is 17.3 Å². The fourth-order valence-electron chi connectivity index (χ4n) is 6.58. The number of nitrogens with zero attached hydrogens (tertiary/aromatic N) is 3. The fourth-order valence-corrected chi connectivity index (χ4v) is 7.94. The van der Waals surface area contributed by atoms with Crippen LogP contribution in [0, 0.1) is 17.3 Å². The van der Waals surface area contributed by atoms with Crippen LogP contribution in [0.25, 0.3) is 32.2 Å². The molecular formula is C29H28ClFN4O2S. The third-order valence-corrected chi connectivity index (χ3v) is 10.1. The molecule has 2 aliphatic heterocycles. The van der Waals surface area contributed by atoms with E-state index in [9.17, 15) is 9.59 Å². The highest BCUT2D eigenvalue weighted by atomic mass is 35.5. The van der Waals surface area contributed by atoms with Gasteiger partial charge in [-0.3, -0.25) is 19.5 Å². The van der Waals surface area contributed by atoms with Gasteiger partial charge >= 0.3 is 0 Å². The average molecular weight is 551 g/mol. The zero-order valence-corrected chi connectivity index (χ0v) is 22.8. The van der Waals surface area contributed by atoms with Crippen molar-refractivity contribution in [2.45, 2.75) is 45.4 Å². The van der Waals surface area contributed by atoms with Crippen molar-refractivity contribution in [1.82, 2.24) is 19.8 Å². The summed E-state index contributed by atoms with van der Waals surface area (Å²) >= 11 is 8.10. The Bertz CT molecular complexity index is 1610. The molecule has 2 atom stereocenters. The van der Waals surface area contributed by atoms with Crippen LogP contribution in [0.1, 0.15) is 31.6 Å². The second kappa shape index (κ2) is 8.34. The molecule has 2 amide bonds. The van der Waals surface area contributed by atoms with Crippen LogP contribution in [0.5, 0.6) is 0 Å². The van der Waals surface area contributed by atoms with Gasteiger partial charge in [-0.1, -0.05) is 25.4 Å². The van der Waals surface area contributed by atoms with Crippen molar-refractivity contribution < 1.29 is 14.0 Å². The van der Waals surface area contributed by atoms with Gasteiger partial charge in [-0.05, 0) is 61.7 Å². The van der Waals surface area contributed by atoms with Crippen LogP contribution in [-0.2, 0) is 22.7 Å². The van der Waals surface area contributed by atoms with Crippen molar-refractivity contribution in [3.63, 3.8) is 0 Å². The Labute approximate surface area is 228 Å². The third-order valence-electron chi connectivity index (χ3n) is 8.74. The van der Waals surface area contributed by atoms with Gasteiger partial charge in [-0.2, -0.15) is 0 Å². The summed E-state index contributed by atoms with van der Waals surface area (Å²) in [5.74, 6) is -0.514. The van der Waals surface area contributed by atoms with Gasteiger partial charge in [0, 0.05) is 38.8 Å². The number of carbonyl (C=O) groups is 2. The topological polar surface area (TPSA) is 67.2 Å². The van der Waals surface area contributed by atoms with E-state index in [2.05, 4.69) is 10.3 Å². The number of hydrogen-bond acceptors (Lipinski definition) is 5. The molecule has 38 heavy (non-hydrogen) atoms. The Hall–Kier alpha value is -2.81. The molecule has 3 aliphatic rings. The highest BCUT2D eigenvalue weighted by Crippen LogP contribution is 2.63. The zero-order chi connectivity index (χ0) is 26.4. The lowest BCUT2D eigenvalue weighted by molar-refractivity contribution is -0.143. The maximum Gasteiger partial charge on any atom is 0.234 e. The van der Waals surface area contributed by atoms with Gasteiger partial charge < -0.3 is 9.88 Å². The van der Waals surface area contributed by atoms with E-state index in [1.165, 1.54) is 4.90 Å². The number of benzene rings is 1. The number of likely N-dealkylation sites (tertiary alicyclic amines) is 1. The van der Waals surface area contributed by atoms with Gasteiger partial charge in [-0.25, -0.2) is 4.39 Å². The van der Waals surface area contributed by atoms with E-state index >= 15 is 4.39 Å². The molecule has 6 nitrogen and oxygen atoms in total. The first-order chi connectivity index (χ1) is 18.2. The number of halogens is 2. The smallest absolute Gasteiger partial charge is 0.234 e. The van der Waals surface area contributed by atoms with Crippen molar-refractivity contribution in [2.75, 3.05) is 13.1 Å². The summed E-state index contributed by atoms with van der Waals surface area (Å²) in [6.07, 6.45) is 4.68. The van der Waals surface area contributed by atoms with E-state index in [1.54, 1.807) is 17.5 Å². The van der Waals surface area contributed by atoms with Crippen LogP contribution < -0.4 is 5.32 Å². The first-order valence-corrected chi connectivity index (χ1v) is 14.3. The number of thiophene rings is 1. The molecule has 0 radical (unpaired) electrons. The maximum absolute atomic E-state index is 15.7. The van der Waals surface area contributed by atoms with E-state index in [1.807, 2.05) is 54.9 Å². The molecule has 1 aliphatic carbocycles. The number of carbonyl (C=O) groups excluding carboxylic acids is 2. The number of piperidine rings is 2. The van der Waals surface area contributed by atoms with Gasteiger partial charge in [0.1, 0.15) is 5.67 Å². The van der Waals surface area contributed by atoms with Crippen molar-refractivity contribution >= 4 is 55.9 Å². The quantitative estimate of drug-likeness (QED) is 0.319. The van der Waals surface area contributed by atoms with E-state index < -0.39 is 5.67 Å². The van der Waals surface area contributed by atoms with Crippen LogP contribution in [0.3, 0.4) is 0 Å². The molecule has 4 aromatic rings. The lowest BCUT2D eigenvalue weighted by Crippen LogP contribution is -2.41. The minimum atomic E-state index is -1.26. The molecular weight excluding hydrogens is 523 g/mol. The van der Waals surface area contributed by atoms with Gasteiger partial charge in [0.2, 0.25) is 11.8 Å². The van der Waals surface area contributed by atoms with Crippen LogP contribution in [0.15, 0.2) is 42.7 Å². The summed E-state index contributed by atoms with van der Waals surface area (Å²) in [4.78, 5) is 32.7. The molecule has 0 spiro atoms. The van der Waals surface area contributed by atoms with Crippen LogP contribution in [-0.4, -0.2) is 45.0 Å². The minimum absolute atomic E-state index is 0.0666. The Morgan fingerprint density at radius 1 is 1.11 bits per heavy atom. The molecule has 196 valence electrons. The lowest BCUT2D eigenvalue weighted by atomic mass is 9.94. The van der Waals surface area contributed by atoms with Gasteiger partial charge in [0.25, 0.3) is 0 Å². The van der Waals surface area contributed by atoms with Crippen LogP contribution >= 0.6 is 22.9 Å². The van der Waals surface area contributed by atoms with Crippen LogP contribution in [0.2, 0.25) is 5.02 Å². The Morgan fingerprint density at radius 2 is 1.84 bits per heavy atom. The molecule has 0 bridgehead atoms. The summed E-state index contributed by atoms with van der Waals surface area (Å²) in [7, 11) is 0. The molecule has 9 heteroatoms. The molecule has 3 fully saturated rings. The summed E-state index contributed by atoms with van der Waals surface area (Å²) in [6, 6.07) is 9.77. The molecule has 3 aromatic heterocycles. The maximum atomic E-state index is 15.7. The molecule has 2 saturated heterocycles. The lowest BCUT2D eigenvalue weighted by Gasteiger charge is -2.31. The molecule has 5 heterocycles. The number of imide groups is 1. The first kappa shape index (κ1) is 24.2. The number of amides is 2. The Morgan fingerprint density at radius 3 is 2.58 bits per heavy atom. The summed E-state index contributed by atoms with van der Waals surface area (Å²) in [6.45, 7) is 5.89. The highest BCUT2D eigenvalue weighted by molar-refractivity contribution is 7.19. The zero-order valence-electron chi connectivity index (χ0n) is 21.3. The molecule has 1 N–H and O–H groups in total. The predicted molar refractivity (Wildman–Crippen MR) is 148 cm³/mol. The second-order valence-electron chi connectivity index (χ2n) is 11.6. The number of pyridine rings is 1. The highest BCUT2D eigenvalue weighted by Gasteiger charge is 2.72.